The van der Waals surface area contributed by atoms with Crippen LogP contribution in [0.2, 0.25) is 0 Å². The number of nitrogens with zero attached hydrogens (tertiary/aromatic N) is 1. The van der Waals surface area contributed by atoms with Crippen molar-refractivity contribution in [2.24, 2.45) is 12.8 Å². The molecule has 19 heavy (non-hydrogen) atoms. The van der Waals surface area contributed by atoms with Gasteiger partial charge in [0.05, 0.1) is 5.52 Å². The first-order chi connectivity index (χ1) is 8.99. The largest absolute Gasteiger partial charge is 0.480 e. The highest BCUT2D eigenvalue weighted by molar-refractivity contribution is 5.74. The Morgan fingerprint density at radius 3 is 3.00 bits per heavy atom. The van der Waals surface area contributed by atoms with Gasteiger partial charge in [-0.25, -0.2) is 4.79 Å². The predicted octanol–water partition coefficient (Wildman–Crippen LogP) is -0.367. The highest BCUT2D eigenvalue weighted by atomic mass is 16.4. The number of hydrogen-bond acceptors (Lipinski definition) is 5. The Labute approximate surface area is 108 Å². The lowest BCUT2D eigenvalue weighted by Crippen LogP contribution is -2.40. The first-order valence-electron chi connectivity index (χ1n) is 5.76. The van der Waals surface area contributed by atoms with Crippen LogP contribution in [-0.4, -0.2) is 28.2 Å². The summed E-state index contributed by atoms with van der Waals surface area (Å²) >= 11 is 0. The molecule has 1 aromatic carbocycles. The van der Waals surface area contributed by atoms with Gasteiger partial charge in [0, 0.05) is 20.1 Å². The lowest BCUT2D eigenvalue weighted by atomic mass is 10.2. The van der Waals surface area contributed by atoms with Crippen molar-refractivity contribution in [3.8, 4) is 0 Å². The number of nitrogens with two attached hydrogens (primary N) is 1. The first kappa shape index (κ1) is 13.3. The summed E-state index contributed by atoms with van der Waals surface area (Å²) in [5, 5.41) is 11.6. The lowest BCUT2D eigenvalue weighted by Gasteiger charge is -2.08. The van der Waals surface area contributed by atoms with E-state index in [-0.39, 0.29) is 6.54 Å². The standard InChI is InChI=1S/C12H15N3O4/c1-15-9-4-7(2-3-10(9)19-12(15)18)5-14-6-8(13)11(16)17/h2-4,8,14H,5-6,13H2,1H3,(H,16,17). The van der Waals surface area contributed by atoms with E-state index in [1.54, 1.807) is 13.1 Å². The Morgan fingerprint density at radius 2 is 2.32 bits per heavy atom. The van der Waals surface area contributed by atoms with Crippen molar-refractivity contribution in [2.45, 2.75) is 12.6 Å². The van der Waals surface area contributed by atoms with Gasteiger partial charge in [-0.05, 0) is 17.7 Å². The fraction of sp³-hybridized carbons (Fsp3) is 0.333. The average Bonchev–Trinajstić information content (AvgIpc) is 2.65. The maximum absolute atomic E-state index is 11.3. The average molecular weight is 265 g/mol. The molecule has 0 saturated carbocycles. The van der Waals surface area contributed by atoms with Crippen LogP contribution in [0.15, 0.2) is 27.4 Å². The number of hydrogen-bond donors (Lipinski definition) is 3. The van der Waals surface area contributed by atoms with E-state index < -0.39 is 17.8 Å². The monoisotopic (exact) mass is 265 g/mol. The van der Waals surface area contributed by atoms with Gasteiger partial charge in [-0.1, -0.05) is 6.07 Å². The van der Waals surface area contributed by atoms with Crippen molar-refractivity contribution in [3.63, 3.8) is 0 Å². The minimum atomic E-state index is -1.04. The molecule has 2 rings (SSSR count). The number of carbonyl (C=O) groups is 1. The van der Waals surface area contributed by atoms with Gasteiger partial charge in [0.25, 0.3) is 0 Å². The summed E-state index contributed by atoms with van der Waals surface area (Å²) in [7, 11) is 1.63. The van der Waals surface area contributed by atoms with E-state index in [0.29, 0.717) is 17.6 Å². The number of fused-ring (bicyclic) bond motifs is 1. The van der Waals surface area contributed by atoms with E-state index in [1.807, 2.05) is 12.1 Å². The van der Waals surface area contributed by atoms with Crippen molar-refractivity contribution in [3.05, 3.63) is 34.3 Å². The zero-order valence-corrected chi connectivity index (χ0v) is 10.4. The quantitative estimate of drug-likeness (QED) is 0.680. The molecule has 7 nitrogen and oxygen atoms in total. The molecule has 0 fully saturated rings. The normalized spacial score (nSPS) is 12.7. The summed E-state index contributed by atoms with van der Waals surface area (Å²) in [6.45, 7) is 0.647. The summed E-state index contributed by atoms with van der Waals surface area (Å²) in [4.78, 5) is 21.9. The molecule has 0 bridgehead atoms. The van der Waals surface area contributed by atoms with Crippen molar-refractivity contribution < 1.29 is 14.3 Å². The molecule has 1 unspecified atom stereocenters. The van der Waals surface area contributed by atoms with Crippen LogP contribution in [-0.2, 0) is 18.4 Å². The number of rotatable bonds is 5. The highest BCUT2D eigenvalue weighted by Gasteiger charge is 2.10. The van der Waals surface area contributed by atoms with E-state index >= 15 is 0 Å². The molecule has 1 atom stereocenters. The molecule has 4 N–H and O–H groups in total. The van der Waals surface area contributed by atoms with E-state index in [0.717, 1.165) is 5.56 Å². The second-order valence-corrected chi connectivity index (χ2v) is 4.30. The summed E-state index contributed by atoms with van der Waals surface area (Å²) in [5.74, 6) is -1.45. The summed E-state index contributed by atoms with van der Waals surface area (Å²) in [6, 6.07) is 4.41. The fourth-order valence-corrected chi connectivity index (χ4v) is 1.74. The second-order valence-electron chi connectivity index (χ2n) is 4.30. The van der Waals surface area contributed by atoms with Crippen molar-refractivity contribution in [1.82, 2.24) is 9.88 Å². The lowest BCUT2D eigenvalue weighted by molar-refractivity contribution is -0.138. The maximum Gasteiger partial charge on any atom is 0.419 e. The number of carboxylic acids is 1. The van der Waals surface area contributed by atoms with Gasteiger partial charge in [0.15, 0.2) is 5.58 Å². The summed E-state index contributed by atoms with van der Waals surface area (Å²) < 4.78 is 6.44. The van der Waals surface area contributed by atoms with Crippen molar-refractivity contribution >= 4 is 17.1 Å². The van der Waals surface area contributed by atoms with Gasteiger partial charge in [0.1, 0.15) is 6.04 Å². The molecule has 0 radical (unpaired) electrons. The highest BCUT2D eigenvalue weighted by Crippen LogP contribution is 2.13. The topological polar surface area (TPSA) is 110 Å². The second kappa shape index (κ2) is 5.25. The van der Waals surface area contributed by atoms with Crippen LogP contribution in [0.4, 0.5) is 0 Å². The van der Waals surface area contributed by atoms with Crippen LogP contribution < -0.4 is 16.8 Å². The van der Waals surface area contributed by atoms with Gasteiger partial charge in [-0.2, -0.15) is 0 Å². The smallest absolute Gasteiger partial charge is 0.419 e. The van der Waals surface area contributed by atoms with E-state index in [1.165, 1.54) is 4.57 Å². The molecule has 102 valence electrons. The number of aromatic nitrogens is 1. The summed E-state index contributed by atoms with van der Waals surface area (Å²) in [6.07, 6.45) is 0. The molecule has 0 aliphatic carbocycles. The Balaban J connectivity index is 2.07. The zero-order chi connectivity index (χ0) is 14.0. The van der Waals surface area contributed by atoms with Crippen LogP contribution >= 0.6 is 0 Å². The number of aryl methyl sites for hydroxylation is 1. The van der Waals surface area contributed by atoms with Crippen molar-refractivity contribution in [1.29, 1.82) is 0 Å². The Hall–Kier alpha value is -2.12. The van der Waals surface area contributed by atoms with Crippen LogP contribution in [0, 0.1) is 0 Å². The number of aliphatic carboxylic acids is 1. The minimum Gasteiger partial charge on any atom is -0.480 e. The van der Waals surface area contributed by atoms with Crippen molar-refractivity contribution in [2.75, 3.05) is 6.54 Å². The fourth-order valence-electron chi connectivity index (χ4n) is 1.74. The Bertz CT molecular complexity index is 659. The predicted molar refractivity (Wildman–Crippen MR) is 68.8 cm³/mol. The number of carboxylic acid groups (broad SMARTS) is 1. The molecule has 0 aliphatic heterocycles. The van der Waals surface area contributed by atoms with Crippen LogP contribution in [0.25, 0.3) is 11.1 Å². The molecule has 0 amide bonds. The molecule has 1 heterocycles. The molecule has 0 saturated heterocycles. The van der Waals surface area contributed by atoms with Gasteiger partial charge in [0.2, 0.25) is 0 Å². The first-order valence-corrected chi connectivity index (χ1v) is 5.76. The van der Waals surface area contributed by atoms with Gasteiger partial charge >= 0.3 is 11.7 Å². The molecule has 1 aromatic heterocycles. The zero-order valence-electron chi connectivity index (χ0n) is 10.4. The third-order valence-corrected chi connectivity index (χ3v) is 2.87. The number of benzene rings is 1. The molecule has 0 aliphatic rings. The van der Waals surface area contributed by atoms with Crippen LogP contribution in [0.5, 0.6) is 0 Å². The molecular formula is C12H15N3O4. The van der Waals surface area contributed by atoms with Gasteiger partial charge in [-0.15, -0.1) is 0 Å². The van der Waals surface area contributed by atoms with E-state index in [2.05, 4.69) is 5.32 Å². The van der Waals surface area contributed by atoms with E-state index in [9.17, 15) is 9.59 Å². The third kappa shape index (κ3) is 2.83. The van der Waals surface area contributed by atoms with Gasteiger partial charge < -0.3 is 20.6 Å². The van der Waals surface area contributed by atoms with Crippen LogP contribution in [0.3, 0.4) is 0 Å². The summed E-state index contributed by atoms with van der Waals surface area (Å²) in [5.41, 5.74) is 7.52. The maximum atomic E-state index is 11.3. The molecule has 2 aromatic rings. The number of nitrogens with one attached hydrogen (secondary N) is 1. The Kier molecular flexibility index (Phi) is 3.68. The molecule has 0 spiro atoms. The van der Waals surface area contributed by atoms with E-state index in [4.69, 9.17) is 15.3 Å². The molecular weight excluding hydrogens is 250 g/mol. The Morgan fingerprint density at radius 1 is 1.58 bits per heavy atom. The SMILES string of the molecule is Cn1c(=O)oc2ccc(CNCC(N)C(=O)O)cc21. The molecule has 7 heteroatoms. The van der Waals surface area contributed by atoms with Gasteiger partial charge in [-0.3, -0.25) is 9.36 Å². The van der Waals surface area contributed by atoms with Crippen LogP contribution in [0.1, 0.15) is 5.56 Å². The third-order valence-electron chi connectivity index (χ3n) is 2.87. The minimum absolute atomic E-state index is 0.178. The number of oxazole rings is 1.